The largest absolute Gasteiger partial charge is 0.481 e. The van der Waals surface area contributed by atoms with Crippen molar-refractivity contribution in [3.05, 3.63) is 40.8 Å². The highest BCUT2D eigenvalue weighted by Gasteiger charge is 2.08. The highest BCUT2D eigenvalue weighted by molar-refractivity contribution is 5.85. The van der Waals surface area contributed by atoms with Gasteiger partial charge in [0.15, 0.2) is 0 Å². The van der Waals surface area contributed by atoms with Gasteiger partial charge in [-0.05, 0) is 36.6 Å². The molecule has 2 rings (SSSR count). The molecule has 0 aliphatic heterocycles. The van der Waals surface area contributed by atoms with Gasteiger partial charge in [-0.2, -0.15) is 0 Å². The third-order valence-electron chi connectivity index (χ3n) is 3.41. The van der Waals surface area contributed by atoms with E-state index < -0.39 is 5.97 Å². The molecule has 106 valence electrons. The van der Waals surface area contributed by atoms with E-state index in [1.807, 2.05) is 30.0 Å². The number of nitrogens with zero attached hydrogens (tertiary/aromatic N) is 2. The van der Waals surface area contributed by atoms with Gasteiger partial charge < -0.3 is 14.6 Å². The Morgan fingerprint density at radius 1 is 1.35 bits per heavy atom. The minimum absolute atomic E-state index is 0.0253. The number of hydrogen-bond acceptors (Lipinski definition) is 3. The van der Waals surface area contributed by atoms with Crippen molar-refractivity contribution in [2.24, 2.45) is 7.05 Å². The summed E-state index contributed by atoms with van der Waals surface area (Å²) < 4.78 is 1.55. The van der Waals surface area contributed by atoms with E-state index >= 15 is 0 Å². The molecule has 0 fully saturated rings. The van der Waals surface area contributed by atoms with Gasteiger partial charge in [-0.15, -0.1) is 0 Å². The summed E-state index contributed by atoms with van der Waals surface area (Å²) in [6, 6.07) is 7.50. The zero-order valence-electron chi connectivity index (χ0n) is 11.7. The maximum atomic E-state index is 12.0. The monoisotopic (exact) mass is 274 g/mol. The normalized spacial score (nSPS) is 10.7. The Hall–Kier alpha value is -2.30. The van der Waals surface area contributed by atoms with Crippen LogP contribution in [0.2, 0.25) is 0 Å². The lowest BCUT2D eigenvalue weighted by molar-refractivity contribution is -0.136. The number of hydrogen-bond donors (Lipinski definition) is 1. The molecule has 0 aliphatic carbocycles. The van der Waals surface area contributed by atoms with Crippen molar-refractivity contribution in [1.29, 1.82) is 0 Å². The van der Waals surface area contributed by atoms with E-state index in [9.17, 15) is 9.59 Å². The molecule has 5 heteroatoms. The summed E-state index contributed by atoms with van der Waals surface area (Å²) in [6.07, 6.45) is 1.84. The molecular formula is C15H18N2O3. The second-order valence-electron chi connectivity index (χ2n) is 4.73. The van der Waals surface area contributed by atoms with Crippen LogP contribution in [0.3, 0.4) is 0 Å². The molecular weight excluding hydrogens is 256 g/mol. The lowest BCUT2D eigenvalue weighted by Gasteiger charge is -2.22. The Kier molecular flexibility index (Phi) is 4.08. The van der Waals surface area contributed by atoms with Gasteiger partial charge in [0.05, 0.1) is 6.42 Å². The van der Waals surface area contributed by atoms with E-state index in [4.69, 9.17) is 5.11 Å². The second-order valence-corrected chi connectivity index (χ2v) is 4.73. The van der Waals surface area contributed by atoms with Crippen LogP contribution in [0.1, 0.15) is 13.3 Å². The average molecular weight is 274 g/mol. The van der Waals surface area contributed by atoms with E-state index in [0.29, 0.717) is 11.9 Å². The molecule has 0 amide bonds. The highest BCUT2D eigenvalue weighted by Crippen LogP contribution is 2.20. The third-order valence-corrected chi connectivity index (χ3v) is 3.41. The fraction of sp³-hybridized carbons (Fsp3) is 0.333. The van der Waals surface area contributed by atoms with E-state index in [1.54, 1.807) is 23.9 Å². The predicted molar refractivity (Wildman–Crippen MR) is 79.3 cm³/mol. The molecule has 5 nitrogen and oxygen atoms in total. The fourth-order valence-corrected chi connectivity index (χ4v) is 2.23. The zero-order valence-corrected chi connectivity index (χ0v) is 11.7. The number of rotatable bonds is 5. The molecule has 1 aromatic heterocycles. The Morgan fingerprint density at radius 3 is 2.75 bits per heavy atom. The van der Waals surface area contributed by atoms with Crippen LogP contribution in [0.5, 0.6) is 0 Å². The van der Waals surface area contributed by atoms with Gasteiger partial charge >= 0.3 is 5.97 Å². The standard InChI is InChI=1S/C15H18N2O3/c1-3-17(9-7-14(18)19)12-4-5-13-11(10-12)6-8-16(2)15(13)20/h4-6,8,10H,3,7,9H2,1-2H3,(H,18,19). The van der Waals surface area contributed by atoms with Crippen LogP contribution in [0.15, 0.2) is 35.3 Å². The van der Waals surface area contributed by atoms with Crippen molar-refractivity contribution in [3.8, 4) is 0 Å². The summed E-state index contributed by atoms with van der Waals surface area (Å²) in [5.74, 6) is -0.807. The molecule has 0 bridgehead atoms. The minimum Gasteiger partial charge on any atom is -0.481 e. The van der Waals surface area contributed by atoms with Gasteiger partial charge in [0.25, 0.3) is 5.56 Å². The summed E-state index contributed by atoms with van der Waals surface area (Å²) >= 11 is 0. The molecule has 0 saturated heterocycles. The van der Waals surface area contributed by atoms with Crippen LogP contribution in [-0.2, 0) is 11.8 Å². The van der Waals surface area contributed by atoms with Gasteiger partial charge in [-0.1, -0.05) is 0 Å². The maximum absolute atomic E-state index is 12.0. The topological polar surface area (TPSA) is 62.5 Å². The molecule has 1 N–H and O–H groups in total. The molecule has 0 unspecified atom stereocenters. The Balaban J connectivity index is 2.37. The number of carbonyl (C=O) groups is 1. The van der Waals surface area contributed by atoms with Crippen LogP contribution in [0.4, 0.5) is 5.69 Å². The van der Waals surface area contributed by atoms with Crippen LogP contribution >= 0.6 is 0 Å². The number of carboxylic acids is 1. The SMILES string of the molecule is CCN(CCC(=O)O)c1ccc2c(=O)n(C)ccc2c1. The Bertz CT molecular complexity index is 691. The van der Waals surface area contributed by atoms with Crippen LogP contribution in [0.25, 0.3) is 10.8 Å². The number of anilines is 1. The number of aryl methyl sites for hydroxylation is 1. The summed E-state index contributed by atoms with van der Waals surface area (Å²) in [7, 11) is 1.72. The highest BCUT2D eigenvalue weighted by atomic mass is 16.4. The quantitative estimate of drug-likeness (QED) is 0.903. The number of benzene rings is 1. The molecule has 20 heavy (non-hydrogen) atoms. The number of aromatic nitrogens is 1. The zero-order chi connectivity index (χ0) is 14.7. The van der Waals surface area contributed by atoms with Gasteiger partial charge in [0, 0.05) is 37.4 Å². The fourth-order valence-electron chi connectivity index (χ4n) is 2.23. The summed E-state index contributed by atoms with van der Waals surface area (Å²) in [5.41, 5.74) is 0.914. The van der Waals surface area contributed by atoms with Crippen molar-refractivity contribution < 1.29 is 9.90 Å². The number of aliphatic carboxylic acids is 1. The average Bonchev–Trinajstić information content (AvgIpc) is 2.43. The molecule has 0 aliphatic rings. The molecule has 0 spiro atoms. The van der Waals surface area contributed by atoms with Gasteiger partial charge in [0.2, 0.25) is 0 Å². The van der Waals surface area contributed by atoms with Crippen LogP contribution in [0, 0.1) is 0 Å². The van der Waals surface area contributed by atoms with Crippen LogP contribution < -0.4 is 10.5 Å². The molecule has 0 radical (unpaired) electrons. The number of fused-ring (bicyclic) bond motifs is 1. The van der Waals surface area contributed by atoms with E-state index in [-0.39, 0.29) is 12.0 Å². The van der Waals surface area contributed by atoms with Crippen molar-refractivity contribution >= 4 is 22.4 Å². The van der Waals surface area contributed by atoms with E-state index in [0.717, 1.165) is 17.6 Å². The summed E-state index contributed by atoms with van der Waals surface area (Å²) in [4.78, 5) is 24.6. The van der Waals surface area contributed by atoms with Crippen LogP contribution in [-0.4, -0.2) is 28.7 Å². The van der Waals surface area contributed by atoms with E-state index in [1.165, 1.54) is 0 Å². The van der Waals surface area contributed by atoms with Gasteiger partial charge in [-0.25, -0.2) is 0 Å². The first-order valence-corrected chi connectivity index (χ1v) is 6.59. The summed E-state index contributed by atoms with van der Waals surface area (Å²) in [6.45, 7) is 3.17. The molecule has 0 saturated carbocycles. The summed E-state index contributed by atoms with van der Waals surface area (Å²) in [5, 5.41) is 10.3. The number of pyridine rings is 1. The predicted octanol–water partition coefficient (Wildman–Crippen LogP) is 1.84. The second kappa shape index (κ2) is 5.77. The van der Waals surface area contributed by atoms with Gasteiger partial charge in [0.1, 0.15) is 0 Å². The maximum Gasteiger partial charge on any atom is 0.305 e. The van der Waals surface area contributed by atoms with Crippen molar-refractivity contribution in [1.82, 2.24) is 4.57 Å². The number of carboxylic acid groups (broad SMARTS) is 1. The lowest BCUT2D eigenvalue weighted by atomic mass is 10.1. The molecule has 0 atom stereocenters. The molecule has 1 aromatic carbocycles. The Morgan fingerprint density at radius 2 is 2.10 bits per heavy atom. The molecule has 2 aromatic rings. The third kappa shape index (κ3) is 2.82. The van der Waals surface area contributed by atoms with Crippen molar-refractivity contribution in [3.63, 3.8) is 0 Å². The Labute approximate surface area is 117 Å². The molecule has 1 heterocycles. The van der Waals surface area contributed by atoms with E-state index in [2.05, 4.69) is 0 Å². The minimum atomic E-state index is -0.807. The first-order valence-electron chi connectivity index (χ1n) is 6.59. The van der Waals surface area contributed by atoms with Crippen molar-refractivity contribution in [2.45, 2.75) is 13.3 Å². The first-order chi connectivity index (χ1) is 9.52. The van der Waals surface area contributed by atoms with Crippen molar-refractivity contribution in [2.75, 3.05) is 18.0 Å². The first kappa shape index (κ1) is 14.1. The van der Waals surface area contributed by atoms with Gasteiger partial charge in [-0.3, -0.25) is 9.59 Å². The smallest absolute Gasteiger partial charge is 0.305 e. The lowest BCUT2D eigenvalue weighted by Crippen LogP contribution is -2.25.